The number of para-hydroxylation sites is 1. The van der Waals surface area contributed by atoms with Gasteiger partial charge in [-0.25, -0.2) is 0 Å². The molecule has 0 unspecified atom stereocenters. The van der Waals surface area contributed by atoms with Gasteiger partial charge < -0.3 is 0 Å². The van der Waals surface area contributed by atoms with Gasteiger partial charge in [-0.05, 0) is 18.6 Å². The summed E-state index contributed by atoms with van der Waals surface area (Å²) in [6.07, 6.45) is 3.79. The summed E-state index contributed by atoms with van der Waals surface area (Å²) in [4.78, 5) is 12.8. The predicted octanol–water partition coefficient (Wildman–Crippen LogP) is 3.69. The average Bonchev–Trinajstić information content (AvgIpc) is 2.99. The summed E-state index contributed by atoms with van der Waals surface area (Å²) in [5.41, 5.74) is 2.32. The molecule has 5 nitrogen and oxygen atoms in total. The van der Waals surface area contributed by atoms with Gasteiger partial charge in [0.25, 0.3) is 5.56 Å². The summed E-state index contributed by atoms with van der Waals surface area (Å²) in [5, 5.41) is 9.97. The third-order valence-corrected chi connectivity index (χ3v) is 4.67. The van der Waals surface area contributed by atoms with Crippen LogP contribution in [0, 0.1) is 0 Å². The zero-order valence-corrected chi connectivity index (χ0v) is 14.3. The standard InChI is InChI=1S/C16H17ClN4OS/c1-2-3-10-20-14(22)12-7-4-5-8-13(12)21-15(20)18-19-16(21)23-11-6-9-17/h4-9H,2-3,10-11H2,1H3. The number of halogens is 1. The second kappa shape index (κ2) is 7.19. The highest BCUT2D eigenvalue weighted by Crippen LogP contribution is 2.21. The normalized spacial score (nSPS) is 11.9. The van der Waals surface area contributed by atoms with Crippen LogP contribution in [-0.2, 0) is 6.54 Å². The van der Waals surface area contributed by atoms with Crippen molar-refractivity contribution in [2.75, 3.05) is 5.75 Å². The van der Waals surface area contributed by atoms with Crippen LogP contribution in [0.15, 0.2) is 45.8 Å². The lowest BCUT2D eigenvalue weighted by Gasteiger charge is -2.10. The molecule has 0 aliphatic rings. The van der Waals surface area contributed by atoms with Crippen LogP contribution in [0.2, 0.25) is 0 Å². The van der Waals surface area contributed by atoms with Crippen LogP contribution in [0.5, 0.6) is 0 Å². The Morgan fingerprint density at radius 3 is 2.91 bits per heavy atom. The molecule has 0 fully saturated rings. The van der Waals surface area contributed by atoms with Gasteiger partial charge in [0, 0.05) is 17.8 Å². The highest BCUT2D eigenvalue weighted by atomic mass is 35.5. The van der Waals surface area contributed by atoms with Gasteiger partial charge in [0.15, 0.2) is 5.16 Å². The lowest BCUT2D eigenvalue weighted by Crippen LogP contribution is -2.23. The van der Waals surface area contributed by atoms with E-state index in [4.69, 9.17) is 11.6 Å². The Hall–Kier alpha value is -1.79. The van der Waals surface area contributed by atoms with Gasteiger partial charge >= 0.3 is 0 Å². The van der Waals surface area contributed by atoms with E-state index in [1.54, 1.807) is 4.57 Å². The van der Waals surface area contributed by atoms with Crippen LogP contribution >= 0.6 is 23.4 Å². The second-order valence-electron chi connectivity index (χ2n) is 5.12. The van der Waals surface area contributed by atoms with Crippen molar-refractivity contribution in [1.29, 1.82) is 0 Å². The molecule has 120 valence electrons. The minimum absolute atomic E-state index is 0.00819. The molecule has 0 saturated carbocycles. The van der Waals surface area contributed by atoms with Crippen LogP contribution in [0.25, 0.3) is 16.7 Å². The number of thioether (sulfide) groups is 1. The molecular formula is C16H17ClN4OS. The number of hydrogen-bond acceptors (Lipinski definition) is 4. The van der Waals surface area contributed by atoms with Crippen molar-refractivity contribution in [2.45, 2.75) is 31.5 Å². The Balaban J connectivity index is 2.25. The molecule has 1 aromatic carbocycles. The number of hydrogen-bond donors (Lipinski definition) is 0. The van der Waals surface area contributed by atoms with Crippen molar-refractivity contribution in [3.63, 3.8) is 0 Å². The van der Waals surface area contributed by atoms with Crippen molar-refractivity contribution in [2.24, 2.45) is 0 Å². The SMILES string of the molecule is CCCCn1c(=O)c2ccccc2n2c(SCC=CCl)nnc12. The Bertz CT molecular complexity index is 915. The molecule has 3 rings (SSSR count). The van der Waals surface area contributed by atoms with E-state index < -0.39 is 0 Å². The molecule has 0 spiro atoms. The molecule has 0 atom stereocenters. The first-order valence-electron chi connectivity index (χ1n) is 7.52. The van der Waals surface area contributed by atoms with Crippen molar-refractivity contribution in [3.8, 4) is 0 Å². The van der Waals surface area contributed by atoms with E-state index in [-0.39, 0.29) is 5.56 Å². The van der Waals surface area contributed by atoms with Gasteiger partial charge in [-0.2, -0.15) is 0 Å². The molecule has 0 saturated heterocycles. The van der Waals surface area contributed by atoms with Crippen molar-refractivity contribution in [1.82, 2.24) is 19.2 Å². The predicted molar refractivity (Wildman–Crippen MR) is 95.4 cm³/mol. The largest absolute Gasteiger partial charge is 0.276 e. The average molecular weight is 349 g/mol. The molecule has 0 radical (unpaired) electrons. The molecule has 7 heteroatoms. The number of rotatable bonds is 6. The summed E-state index contributed by atoms with van der Waals surface area (Å²) in [6, 6.07) is 7.59. The fourth-order valence-corrected chi connectivity index (χ4v) is 3.45. The van der Waals surface area contributed by atoms with Crippen LogP contribution in [0.1, 0.15) is 19.8 Å². The van der Waals surface area contributed by atoms with Crippen LogP contribution < -0.4 is 5.56 Å². The maximum absolute atomic E-state index is 12.8. The maximum atomic E-state index is 12.8. The Morgan fingerprint density at radius 2 is 2.13 bits per heavy atom. The first-order valence-corrected chi connectivity index (χ1v) is 8.94. The van der Waals surface area contributed by atoms with Crippen LogP contribution in [0.4, 0.5) is 0 Å². The second-order valence-corrected chi connectivity index (χ2v) is 6.36. The van der Waals surface area contributed by atoms with Gasteiger partial charge in [0.1, 0.15) is 0 Å². The molecule has 2 heterocycles. The first kappa shape index (κ1) is 16.1. The van der Waals surface area contributed by atoms with E-state index in [1.165, 1.54) is 17.3 Å². The topological polar surface area (TPSA) is 52.2 Å². The summed E-state index contributed by atoms with van der Waals surface area (Å²) in [5.74, 6) is 1.30. The van der Waals surface area contributed by atoms with Crippen molar-refractivity contribution in [3.05, 3.63) is 46.2 Å². The van der Waals surface area contributed by atoms with Crippen molar-refractivity contribution < 1.29 is 0 Å². The fourth-order valence-electron chi connectivity index (χ4n) is 2.50. The molecule has 0 aliphatic carbocycles. The van der Waals surface area contributed by atoms with Gasteiger partial charge in [-0.1, -0.05) is 54.9 Å². The summed E-state index contributed by atoms with van der Waals surface area (Å²) < 4.78 is 3.68. The molecule has 0 N–H and O–H groups in total. The zero-order valence-electron chi connectivity index (χ0n) is 12.8. The highest BCUT2D eigenvalue weighted by Gasteiger charge is 2.15. The summed E-state index contributed by atoms with van der Waals surface area (Å²) in [7, 11) is 0. The van der Waals surface area contributed by atoms with Crippen LogP contribution in [0.3, 0.4) is 0 Å². The highest BCUT2D eigenvalue weighted by molar-refractivity contribution is 7.99. The Kier molecular flexibility index (Phi) is 5.03. The molecular weight excluding hydrogens is 332 g/mol. The summed E-state index contributed by atoms with van der Waals surface area (Å²) in [6.45, 7) is 2.75. The number of fused-ring (bicyclic) bond motifs is 3. The molecule has 0 bridgehead atoms. The molecule has 3 aromatic rings. The van der Waals surface area contributed by atoms with Crippen LogP contribution in [-0.4, -0.2) is 24.9 Å². The fraction of sp³-hybridized carbons (Fsp3) is 0.312. The van der Waals surface area contributed by atoms with E-state index in [0.717, 1.165) is 23.5 Å². The minimum Gasteiger partial charge on any atom is -0.276 e. The molecule has 0 aliphatic heterocycles. The van der Waals surface area contributed by atoms with Gasteiger partial charge in [0.05, 0.1) is 10.9 Å². The quantitative estimate of drug-likeness (QED) is 0.637. The maximum Gasteiger partial charge on any atom is 0.262 e. The first-order chi connectivity index (χ1) is 11.3. The van der Waals surface area contributed by atoms with E-state index in [9.17, 15) is 4.79 Å². The van der Waals surface area contributed by atoms with Gasteiger partial charge in [-0.15, -0.1) is 10.2 Å². The zero-order chi connectivity index (χ0) is 16.2. The van der Waals surface area contributed by atoms with E-state index in [1.807, 2.05) is 34.7 Å². The Morgan fingerprint density at radius 1 is 1.30 bits per heavy atom. The molecule has 2 aromatic heterocycles. The summed E-state index contributed by atoms with van der Waals surface area (Å²) >= 11 is 7.11. The monoisotopic (exact) mass is 348 g/mol. The smallest absolute Gasteiger partial charge is 0.262 e. The van der Waals surface area contributed by atoms with Crippen molar-refractivity contribution >= 4 is 40.0 Å². The molecule has 0 amide bonds. The van der Waals surface area contributed by atoms with Gasteiger partial charge in [0.2, 0.25) is 5.78 Å². The number of aromatic nitrogens is 4. The number of aryl methyl sites for hydroxylation is 1. The third kappa shape index (κ3) is 3.01. The Labute approximate surface area is 143 Å². The van der Waals surface area contributed by atoms with E-state index in [0.29, 0.717) is 23.5 Å². The minimum atomic E-state index is -0.00819. The third-order valence-electron chi connectivity index (χ3n) is 3.61. The van der Waals surface area contributed by atoms with E-state index in [2.05, 4.69) is 17.1 Å². The van der Waals surface area contributed by atoms with E-state index >= 15 is 0 Å². The number of nitrogens with zero attached hydrogens (tertiary/aromatic N) is 4. The van der Waals surface area contributed by atoms with Gasteiger partial charge in [-0.3, -0.25) is 13.8 Å². The number of benzene rings is 1. The molecule has 23 heavy (non-hydrogen) atoms. The lowest BCUT2D eigenvalue weighted by atomic mass is 10.2. The number of unbranched alkanes of at least 4 members (excludes halogenated alkanes) is 1. The lowest BCUT2D eigenvalue weighted by molar-refractivity contribution is 0.620.